The van der Waals surface area contributed by atoms with E-state index in [9.17, 15) is 5.11 Å². The molecular weight excluding hydrogens is 496 g/mol. The van der Waals surface area contributed by atoms with Crippen molar-refractivity contribution in [1.82, 2.24) is 0 Å². The average molecular weight is 553 g/mol. The van der Waals surface area contributed by atoms with Gasteiger partial charge in [0.2, 0.25) is 0 Å². The first kappa shape index (κ1) is 29.1. The smallest absolute Gasteiger partial charge is 0.157 e. The van der Waals surface area contributed by atoms with E-state index in [2.05, 4.69) is 51.1 Å². The Bertz CT molecular complexity index is 945. The van der Waals surface area contributed by atoms with Gasteiger partial charge in [-0.2, -0.15) is 0 Å². The van der Waals surface area contributed by atoms with Crippen LogP contribution in [0.15, 0.2) is 30.3 Å². The molecule has 1 N–H and O–H groups in total. The fourth-order valence-corrected chi connectivity index (χ4v) is 10.9. The number of aliphatic hydroxyl groups excluding tert-OH is 1. The van der Waals surface area contributed by atoms with E-state index >= 15 is 0 Å². The molecule has 1 saturated heterocycles. The predicted octanol–water partition coefficient (Wildman–Crippen LogP) is 8.16. The largest absolute Gasteiger partial charge is 0.396 e. The fraction of sp³-hybridized carbons (Fsp3) is 0.833. The number of fused-ring (bicyclic) bond motifs is 5. The van der Waals surface area contributed by atoms with Crippen LogP contribution in [0.1, 0.15) is 110 Å². The van der Waals surface area contributed by atoms with E-state index in [1.165, 1.54) is 69.8 Å². The quantitative estimate of drug-likeness (QED) is 0.314. The van der Waals surface area contributed by atoms with Crippen LogP contribution >= 0.6 is 0 Å². The topological polar surface area (TPSA) is 47.9 Å². The third kappa shape index (κ3) is 5.56. The highest BCUT2D eigenvalue weighted by molar-refractivity contribution is 5.15. The molecule has 4 nitrogen and oxygen atoms in total. The van der Waals surface area contributed by atoms with Crippen LogP contribution in [0.3, 0.4) is 0 Å². The lowest BCUT2D eigenvalue weighted by Crippen LogP contribution is -2.59. The highest BCUT2D eigenvalue weighted by atomic mass is 16.7. The van der Waals surface area contributed by atoms with E-state index in [-0.39, 0.29) is 6.29 Å². The molecule has 0 aromatic heterocycles. The van der Waals surface area contributed by atoms with Crippen LogP contribution < -0.4 is 0 Å². The summed E-state index contributed by atoms with van der Waals surface area (Å²) in [6, 6.07) is 10.8. The molecule has 0 amide bonds. The maximum absolute atomic E-state index is 9.51. The summed E-state index contributed by atoms with van der Waals surface area (Å²) in [5.74, 6) is 4.33. The zero-order chi connectivity index (χ0) is 27.7. The second kappa shape index (κ2) is 12.3. The molecule has 4 aliphatic carbocycles. The van der Waals surface area contributed by atoms with E-state index in [1.807, 2.05) is 0 Å². The van der Waals surface area contributed by atoms with Crippen LogP contribution in [0.4, 0.5) is 0 Å². The van der Waals surface area contributed by atoms with Gasteiger partial charge in [-0.05, 0) is 135 Å². The van der Waals surface area contributed by atoms with Crippen LogP contribution in [0, 0.1) is 46.3 Å². The van der Waals surface area contributed by atoms with Gasteiger partial charge in [0.05, 0.1) is 18.8 Å². The van der Waals surface area contributed by atoms with Crippen molar-refractivity contribution in [3.63, 3.8) is 0 Å². The standard InChI is InChI=1S/C36H56O4/c1-25(10-9-20-37)29-14-15-30-34-31(17-19-36(29,30)3)35(2)18-16-28(40-33-13-7-8-21-38-33)22-27(35)23-32(34)39-24-26-11-5-4-6-12-26/h4-6,11-12,25,27-34,37H,7-10,13-24H2,1-3H3/t25-,27-,28-,29-,30+,31+,32-,33?,34+,35+,36-/m1/s1. The fourth-order valence-electron chi connectivity index (χ4n) is 10.9. The molecular formula is C36H56O4. The number of hydrogen-bond acceptors (Lipinski definition) is 4. The molecule has 224 valence electrons. The second-order valence-corrected chi connectivity index (χ2v) is 15.0. The zero-order valence-electron chi connectivity index (χ0n) is 25.6. The Kier molecular flexibility index (Phi) is 9.00. The minimum atomic E-state index is 0.0169. The summed E-state index contributed by atoms with van der Waals surface area (Å²) >= 11 is 0. The predicted molar refractivity (Wildman–Crippen MR) is 160 cm³/mol. The highest BCUT2D eigenvalue weighted by Crippen LogP contribution is 2.69. The van der Waals surface area contributed by atoms with E-state index in [0.717, 1.165) is 50.2 Å². The van der Waals surface area contributed by atoms with Gasteiger partial charge in [-0.3, -0.25) is 0 Å². The Labute approximate surface area is 243 Å². The molecule has 1 aromatic rings. The maximum atomic E-state index is 9.51. The summed E-state index contributed by atoms with van der Waals surface area (Å²) in [5.41, 5.74) is 2.10. The summed E-state index contributed by atoms with van der Waals surface area (Å²) in [6.07, 6.45) is 16.6. The summed E-state index contributed by atoms with van der Waals surface area (Å²) in [7, 11) is 0. The maximum Gasteiger partial charge on any atom is 0.157 e. The Hall–Kier alpha value is -0.940. The molecule has 0 spiro atoms. The summed E-state index contributed by atoms with van der Waals surface area (Å²) in [4.78, 5) is 0. The Balaban J connectivity index is 1.23. The number of rotatable bonds is 9. The van der Waals surface area contributed by atoms with Gasteiger partial charge in [-0.1, -0.05) is 51.1 Å². The van der Waals surface area contributed by atoms with Gasteiger partial charge in [-0.15, -0.1) is 0 Å². The Morgan fingerprint density at radius 3 is 2.52 bits per heavy atom. The molecule has 40 heavy (non-hydrogen) atoms. The number of hydrogen-bond donors (Lipinski definition) is 1. The number of aliphatic hydroxyl groups is 1. The van der Waals surface area contributed by atoms with Crippen molar-refractivity contribution < 1.29 is 19.3 Å². The van der Waals surface area contributed by atoms with E-state index in [0.29, 0.717) is 47.4 Å². The van der Waals surface area contributed by atoms with Crippen molar-refractivity contribution in [2.45, 2.75) is 129 Å². The van der Waals surface area contributed by atoms with Crippen LogP contribution in [-0.2, 0) is 20.8 Å². The lowest BCUT2D eigenvalue weighted by molar-refractivity contribution is -0.226. The SMILES string of the molecule is C[C@H](CCCO)[C@H]1CC[C@H]2[C@@H]3[C@H](OCc4ccccc4)C[C@H]4C[C@H](OC5CCCCO5)CC[C@]4(C)[C@H]3CC[C@]12C. The number of ether oxygens (including phenoxy) is 3. The van der Waals surface area contributed by atoms with Gasteiger partial charge >= 0.3 is 0 Å². The molecule has 5 aliphatic rings. The van der Waals surface area contributed by atoms with Gasteiger partial charge in [0.15, 0.2) is 6.29 Å². The molecule has 1 aromatic carbocycles. The summed E-state index contributed by atoms with van der Waals surface area (Å²) in [5, 5.41) is 9.51. The van der Waals surface area contributed by atoms with Gasteiger partial charge in [0, 0.05) is 13.2 Å². The average Bonchev–Trinajstić information content (AvgIpc) is 3.33. The van der Waals surface area contributed by atoms with Gasteiger partial charge in [0.25, 0.3) is 0 Å². The molecule has 4 heteroatoms. The molecule has 4 saturated carbocycles. The van der Waals surface area contributed by atoms with Crippen molar-refractivity contribution in [2.75, 3.05) is 13.2 Å². The third-order valence-electron chi connectivity index (χ3n) is 13.0. The van der Waals surface area contributed by atoms with Gasteiger partial charge in [0.1, 0.15) is 0 Å². The first-order valence-corrected chi connectivity index (χ1v) is 17.0. The van der Waals surface area contributed by atoms with E-state index < -0.39 is 0 Å². The third-order valence-corrected chi connectivity index (χ3v) is 13.0. The van der Waals surface area contributed by atoms with Crippen molar-refractivity contribution in [3.05, 3.63) is 35.9 Å². The molecule has 6 rings (SSSR count). The molecule has 0 bridgehead atoms. The van der Waals surface area contributed by atoms with Gasteiger partial charge in [-0.25, -0.2) is 0 Å². The lowest BCUT2D eigenvalue weighted by Gasteiger charge is -2.63. The zero-order valence-corrected chi connectivity index (χ0v) is 25.6. The Morgan fingerprint density at radius 2 is 1.75 bits per heavy atom. The monoisotopic (exact) mass is 552 g/mol. The summed E-state index contributed by atoms with van der Waals surface area (Å²) < 4.78 is 19.6. The molecule has 1 heterocycles. The second-order valence-electron chi connectivity index (χ2n) is 15.0. The van der Waals surface area contributed by atoms with Crippen molar-refractivity contribution in [2.24, 2.45) is 46.3 Å². The summed E-state index contributed by atoms with van der Waals surface area (Å²) in [6.45, 7) is 9.70. The molecule has 1 aliphatic heterocycles. The minimum Gasteiger partial charge on any atom is -0.396 e. The molecule has 5 fully saturated rings. The molecule has 1 unspecified atom stereocenters. The van der Waals surface area contributed by atoms with E-state index in [4.69, 9.17) is 14.2 Å². The molecule has 11 atom stereocenters. The highest BCUT2D eigenvalue weighted by Gasteiger charge is 2.63. The van der Waals surface area contributed by atoms with Crippen molar-refractivity contribution >= 4 is 0 Å². The Morgan fingerprint density at radius 1 is 0.950 bits per heavy atom. The van der Waals surface area contributed by atoms with E-state index in [1.54, 1.807) is 0 Å². The van der Waals surface area contributed by atoms with Crippen LogP contribution in [0.25, 0.3) is 0 Å². The lowest BCUT2D eigenvalue weighted by atomic mass is 9.43. The van der Waals surface area contributed by atoms with Crippen LogP contribution in [0.2, 0.25) is 0 Å². The first-order valence-electron chi connectivity index (χ1n) is 17.0. The first-order chi connectivity index (χ1) is 19.4. The minimum absolute atomic E-state index is 0.0169. The van der Waals surface area contributed by atoms with Crippen molar-refractivity contribution in [3.8, 4) is 0 Å². The van der Waals surface area contributed by atoms with Crippen LogP contribution in [-0.4, -0.2) is 36.8 Å². The molecule has 0 radical (unpaired) electrons. The van der Waals surface area contributed by atoms with Crippen molar-refractivity contribution in [1.29, 1.82) is 0 Å². The van der Waals surface area contributed by atoms with Crippen LogP contribution in [0.5, 0.6) is 0 Å². The number of benzene rings is 1. The van der Waals surface area contributed by atoms with Gasteiger partial charge < -0.3 is 19.3 Å². The normalized spacial score (nSPS) is 43.9.